The van der Waals surface area contributed by atoms with Crippen molar-refractivity contribution in [1.82, 2.24) is 0 Å². The molecule has 0 amide bonds. The third-order valence-corrected chi connectivity index (χ3v) is 3.57. The lowest BCUT2D eigenvalue weighted by Crippen LogP contribution is -2.37. The van der Waals surface area contributed by atoms with Crippen LogP contribution < -0.4 is 0 Å². The van der Waals surface area contributed by atoms with Crippen molar-refractivity contribution in [3.8, 4) is 11.8 Å². The van der Waals surface area contributed by atoms with E-state index in [1.807, 2.05) is 0 Å². The molecule has 0 aromatic heterocycles. The molecule has 0 bridgehead atoms. The lowest BCUT2D eigenvalue weighted by Gasteiger charge is -2.22. The van der Waals surface area contributed by atoms with Gasteiger partial charge in [0.05, 0.1) is 18.8 Å². The van der Waals surface area contributed by atoms with Gasteiger partial charge in [0.15, 0.2) is 5.60 Å². The highest BCUT2D eigenvalue weighted by Gasteiger charge is 2.40. The molecule has 20 heavy (non-hydrogen) atoms. The largest absolute Gasteiger partial charge is 0.465 e. The first-order valence-corrected chi connectivity index (χ1v) is 6.56. The Balaban J connectivity index is 2.15. The van der Waals surface area contributed by atoms with Crippen molar-refractivity contribution >= 4 is 5.97 Å². The van der Waals surface area contributed by atoms with E-state index in [2.05, 4.69) is 16.6 Å². The van der Waals surface area contributed by atoms with Crippen molar-refractivity contribution in [3.63, 3.8) is 0 Å². The molecule has 0 aliphatic heterocycles. The van der Waals surface area contributed by atoms with Gasteiger partial charge in [-0.05, 0) is 43.5 Å². The number of aliphatic hydroxyl groups is 1. The number of benzene rings is 1. The number of rotatable bonds is 2. The molecule has 106 valence electrons. The van der Waals surface area contributed by atoms with Crippen LogP contribution in [0.1, 0.15) is 35.2 Å². The molecule has 1 aliphatic rings. The second kappa shape index (κ2) is 6.08. The third kappa shape index (κ3) is 3.01. The van der Waals surface area contributed by atoms with Crippen molar-refractivity contribution in [2.75, 3.05) is 14.2 Å². The number of methoxy groups -OCH3 is 2. The summed E-state index contributed by atoms with van der Waals surface area (Å²) in [7, 11) is 2.93. The Labute approximate surface area is 118 Å². The molecule has 1 aromatic carbocycles. The highest BCUT2D eigenvalue weighted by atomic mass is 16.5. The molecule has 0 spiro atoms. The van der Waals surface area contributed by atoms with E-state index in [0.717, 1.165) is 18.4 Å². The van der Waals surface area contributed by atoms with E-state index in [9.17, 15) is 9.90 Å². The summed E-state index contributed by atoms with van der Waals surface area (Å²) in [6.45, 7) is 0. The van der Waals surface area contributed by atoms with Crippen LogP contribution >= 0.6 is 0 Å². The number of hydrogen-bond acceptors (Lipinski definition) is 4. The average Bonchev–Trinajstić information content (AvgIpc) is 2.86. The second-order valence-corrected chi connectivity index (χ2v) is 4.86. The van der Waals surface area contributed by atoms with Gasteiger partial charge in [-0.15, -0.1) is 0 Å². The van der Waals surface area contributed by atoms with Crippen molar-refractivity contribution in [3.05, 3.63) is 35.4 Å². The van der Waals surface area contributed by atoms with Crippen molar-refractivity contribution in [1.29, 1.82) is 0 Å². The van der Waals surface area contributed by atoms with Crippen LogP contribution in [0.3, 0.4) is 0 Å². The van der Waals surface area contributed by atoms with Gasteiger partial charge in [-0.1, -0.05) is 11.8 Å². The average molecular weight is 274 g/mol. The molecule has 0 radical (unpaired) electrons. The van der Waals surface area contributed by atoms with E-state index in [-0.39, 0.29) is 12.1 Å². The van der Waals surface area contributed by atoms with Gasteiger partial charge in [0.1, 0.15) is 0 Å². The molecule has 2 atom stereocenters. The molecule has 4 nitrogen and oxygen atoms in total. The smallest absolute Gasteiger partial charge is 0.337 e. The Morgan fingerprint density at radius 3 is 2.65 bits per heavy atom. The highest BCUT2D eigenvalue weighted by molar-refractivity contribution is 5.89. The quantitative estimate of drug-likeness (QED) is 0.659. The fourth-order valence-corrected chi connectivity index (χ4v) is 2.40. The lowest BCUT2D eigenvalue weighted by molar-refractivity contribution is -0.0339. The molecule has 4 heteroatoms. The summed E-state index contributed by atoms with van der Waals surface area (Å²) < 4.78 is 9.90. The van der Waals surface area contributed by atoms with Crippen LogP contribution in [0.25, 0.3) is 0 Å². The monoisotopic (exact) mass is 274 g/mol. The van der Waals surface area contributed by atoms with Crippen LogP contribution in [0.15, 0.2) is 24.3 Å². The number of ether oxygens (including phenoxy) is 2. The van der Waals surface area contributed by atoms with Crippen LogP contribution in [-0.4, -0.2) is 37.0 Å². The van der Waals surface area contributed by atoms with Gasteiger partial charge in [-0.25, -0.2) is 4.79 Å². The van der Waals surface area contributed by atoms with E-state index in [1.165, 1.54) is 7.11 Å². The molecule has 0 heterocycles. The predicted octanol–water partition coefficient (Wildman–Crippen LogP) is 1.75. The van der Waals surface area contributed by atoms with Crippen LogP contribution in [0.2, 0.25) is 0 Å². The van der Waals surface area contributed by atoms with Gasteiger partial charge in [-0.2, -0.15) is 0 Å². The summed E-state index contributed by atoms with van der Waals surface area (Å²) in [5.74, 6) is 5.47. The molecule has 1 aromatic rings. The minimum absolute atomic E-state index is 0.232. The molecule has 2 unspecified atom stereocenters. The summed E-state index contributed by atoms with van der Waals surface area (Å²) in [5.41, 5.74) is 0.149. The maximum atomic E-state index is 11.3. The number of carbonyl (C=O) groups excluding carboxylic acids is 1. The Hall–Kier alpha value is -1.83. The van der Waals surface area contributed by atoms with E-state index < -0.39 is 5.60 Å². The molecule has 1 N–H and O–H groups in total. The first-order chi connectivity index (χ1) is 9.59. The summed E-state index contributed by atoms with van der Waals surface area (Å²) in [5, 5.41) is 10.4. The number of esters is 1. The normalized spacial score (nSPS) is 24.9. The third-order valence-electron chi connectivity index (χ3n) is 3.57. The van der Waals surface area contributed by atoms with Crippen LogP contribution in [0.5, 0.6) is 0 Å². The van der Waals surface area contributed by atoms with Gasteiger partial charge in [0.2, 0.25) is 0 Å². The number of hydrogen-bond donors (Lipinski definition) is 1. The van der Waals surface area contributed by atoms with Crippen LogP contribution in [0.4, 0.5) is 0 Å². The molecule has 1 aliphatic carbocycles. The lowest BCUT2D eigenvalue weighted by atomic mass is 10.00. The van der Waals surface area contributed by atoms with Crippen LogP contribution in [0, 0.1) is 11.8 Å². The minimum Gasteiger partial charge on any atom is -0.465 e. The zero-order valence-electron chi connectivity index (χ0n) is 11.7. The fraction of sp³-hybridized carbons (Fsp3) is 0.438. The van der Waals surface area contributed by atoms with Crippen molar-refractivity contribution in [2.45, 2.75) is 31.0 Å². The van der Waals surface area contributed by atoms with Gasteiger partial charge in [0, 0.05) is 12.7 Å². The number of carbonyl (C=O) groups is 1. The Bertz CT molecular complexity index is 538. The summed E-state index contributed by atoms with van der Waals surface area (Å²) in [6.07, 6.45) is 2.12. The zero-order chi connectivity index (χ0) is 14.6. The maximum absolute atomic E-state index is 11.3. The highest BCUT2D eigenvalue weighted by Crippen LogP contribution is 2.31. The molecular formula is C16H18O4. The van der Waals surface area contributed by atoms with Gasteiger partial charge in [0.25, 0.3) is 0 Å². The standard InChI is InChI=1S/C16H18O4/c1-19-14-4-3-10-16(14,18)11-9-12-5-7-13(8-6-12)15(17)20-2/h5-8,14,18H,3-4,10H2,1-2H3. The Morgan fingerprint density at radius 2 is 2.05 bits per heavy atom. The molecular weight excluding hydrogens is 256 g/mol. The zero-order valence-corrected chi connectivity index (χ0v) is 11.7. The first-order valence-electron chi connectivity index (χ1n) is 6.56. The van der Waals surface area contributed by atoms with E-state index >= 15 is 0 Å². The topological polar surface area (TPSA) is 55.8 Å². The van der Waals surface area contributed by atoms with Crippen LogP contribution in [-0.2, 0) is 9.47 Å². The molecule has 1 saturated carbocycles. The van der Waals surface area contributed by atoms with E-state index in [0.29, 0.717) is 12.0 Å². The molecule has 0 saturated heterocycles. The van der Waals surface area contributed by atoms with Crippen molar-refractivity contribution in [2.24, 2.45) is 0 Å². The van der Waals surface area contributed by atoms with Gasteiger partial charge >= 0.3 is 5.97 Å². The van der Waals surface area contributed by atoms with E-state index in [4.69, 9.17) is 4.74 Å². The minimum atomic E-state index is -1.07. The fourth-order valence-electron chi connectivity index (χ4n) is 2.40. The maximum Gasteiger partial charge on any atom is 0.337 e. The second-order valence-electron chi connectivity index (χ2n) is 4.86. The Morgan fingerprint density at radius 1 is 1.35 bits per heavy atom. The summed E-state index contributed by atoms with van der Waals surface area (Å²) in [6, 6.07) is 6.78. The molecule has 2 rings (SSSR count). The summed E-state index contributed by atoms with van der Waals surface area (Å²) >= 11 is 0. The Kier molecular flexibility index (Phi) is 4.43. The summed E-state index contributed by atoms with van der Waals surface area (Å²) in [4.78, 5) is 11.3. The van der Waals surface area contributed by atoms with Gasteiger partial charge in [-0.3, -0.25) is 0 Å². The first kappa shape index (κ1) is 14.6. The van der Waals surface area contributed by atoms with E-state index in [1.54, 1.807) is 31.4 Å². The van der Waals surface area contributed by atoms with Gasteiger partial charge < -0.3 is 14.6 Å². The van der Waals surface area contributed by atoms with Crippen molar-refractivity contribution < 1.29 is 19.4 Å². The predicted molar refractivity (Wildman–Crippen MR) is 74.3 cm³/mol. The molecule has 1 fully saturated rings. The SMILES string of the molecule is COC(=O)c1ccc(C#CC2(O)CCCC2OC)cc1.